The van der Waals surface area contributed by atoms with Crippen LogP contribution in [0.25, 0.3) is 11.0 Å². The van der Waals surface area contributed by atoms with Crippen LogP contribution in [0.5, 0.6) is 5.75 Å². The van der Waals surface area contributed by atoms with E-state index in [4.69, 9.17) is 14.2 Å². The third kappa shape index (κ3) is 7.50. The second kappa shape index (κ2) is 18.1. The first-order chi connectivity index (χ1) is 33.4. The number of esters is 1. The van der Waals surface area contributed by atoms with Gasteiger partial charge in [-0.3, -0.25) is 19.3 Å². The number of anilines is 3. The van der Waals surface area contributed by atoms with Crippen LogP contribution >= 0.6 is 0 Å². The summed E-state index contributed by atoms with van der Waals surface area (Å²) in [6.45, 7) is 2.81. The fourth-order valence-corrected chi connectivity index (χ4v) is 10.7. The Hall–Kier alpha value is -7.83. The Kier molecular flexibility index (Phi) is 11.4. The van der Waals surface area contributed by atoms with Gasteiger partial charge in [0, 0.05) is 35.7 Å². The van der Waals surface area contributed by atoms with Crippen molar-refractivity contribution < 1.29 is 33.7 Å². The molecule has 4 aliphatic rings. The topological polar surface area (TPSA) is 160 Å². The molecular formula is C54H47N7O7. The average Bonchev–Trinajstić information content (AvgIpc) is 4.04. The zero-order valence-corrected chi connectivity index (χ0v) is 36.9. The van der Waals surface area contributed by atoms with Crippen molar-refractivity contribution in [2.75, 3.05) is 55.1 Å². The van der Waals surface area contributed by atoms with Crippen LogP contribution in [0, 0.1) is 17.8 Å². The number of para-hydroxylation sites is 1. The lowest BCUT2D eigenvalue weighted by Crippen LogP contribution is -2.53. The summed E-state index contributed by atoms with van der Waals surface area (Å²) >= 11 is 0. The molecule has 0 unspecified atom stereocenters. The number of aromatic nitrogens is 3. The van der Waals surface area contributed by atoms with Crippen LogP contribution in [0.15, 0.2) is 152 Å². The molecule has 68 heavy (non-hydrogen) atoms. The first-order valence-corrected chi connectivity index (χ1v) is 22.8. The van der Waals surface area contributed by atoms with Gasteiger partial charge in [0.15, 0.2) is 0 Å². The van der Waals surface area contributed by atoms with E-state index in [1.54, 1.807) is 10.7 Å². The number of carbonyl (C=O) groups is 3. The minimum absolute atomic E-state index is 0.0335. The van der Waals surface area contributed by atoms with Gasteiger partial charge in [0.25, 0.3) is 0 Å². The van der Waals surface area contributed by atoms with Gasteiger partial charge in [-0.1, -0.05) is 102 Å². The maximum Gasteiger partial charge on any atom is 0.324 e. The smallest absolute Gasteiger partial charge is 0.324 e. The Bertz CT molecular complexity index is 3080. The van der Waals surface area contributed by atoms with Crippen LogP contribution < -0.4 is 20.3 Å². The van der Waals surface area contributed by atoms with Gasteiger partial charge >= 0.3 is 5.97 Å². The first kappa shape index (κ1) is 42.8. The van der Waals surface area contributed by atoms with E-state index in [2.05, 4.69) is 37.7 Å². The molecule has 14 nitrogen and oxygen atoms in total. The number of ether oxygens (including phenoxy) is 3. The van der Waals surface area contributed by atoms with Crippen molar-refractivity contribution in [2.45, 2.75) is 36.2 Å². The average molecular weight is 906 g/mol. The molecule has 1 spiro atoms. The van der Waals surface area contributed by atoms with E-state index in [0.29, 0.717) is 47.0 Å². The molecule has 1 aromatic heterocycles. The molecule has 0 aliphatic carbocycles. The molecule has 0 saturated carbocycles. The number of amides is 2. The zero-order valence-electron chi connectivity index (χ0n) is 36.9. The highest BCUT2D eigenvalue weighted by Gasteiger charge is 2.74. The molecule has 3 N–H and O–H groups in total. The Morgan fingerprint density at radius 3 is 2.34 bits per heavy atom. The summed E-state index contributed by atoms with van der Waals surface area (Å²) in [7, 11) is 0. The zero-order chi connectivity index (χ0) is 46.2. The molecule has 3 saturated heterocycles. The highest BCUT2D eigenvalue weighted by Crippen LogP contribution is 2.65. The minimum atomic E-state index is -1.76. The molecule has 6 aromatic carbocycles. The Morgan fingerprint density at radius 1 is 0.824 bits per heavy atom. The summed E-state index contributed by atoms with van der Waals surface area (Å²) in [5.74, 6) is 4.02. The van der Waals surface area contributed by atoms with E-state index in [1.165, 1.54) is 0 Å². The van der Waals surface area contributed by atoms with E-state index in [-0.39, 0.29) is 19.8 Å². The SMILES string of the molecule is O=C1O[C@@H](c2ccccc2)[C@@H](c2ccccc2)N2[C@@H](c3cccc(OCCO)c3)[C@]3(C(=O)Nc4ccc(C#CCn5nnc6ccccc65)cc43)[C@@H](C(=O)Nc3ccc(N4CCOCC4)cc3)[C@H]12. The number of nitrogens with one attached hydrogen (secondary N) is 2. The summed E-state index contributed by atoms with van der Waals surface area (Å²) in [5.41, 5.74) is 5.13. The van der Waals surface area contributed by atoms with Crippen molar-refractivity contribution >= 4 is 45.9 Å². The second-order valence-electron chi connectivity index (χ2n) is 17.3. The van der Waals surface area contributed by atoms with Crippen LogP contribution in [-0.2, 0) is 35.8 Å². The molecule has 0 radical (unpaired) electrons. The first-order valence-electron chi connectivity index (χ1n) is 22.8. The summed E-state index contributed by atoms with van der Waals surface area (Å²) in [4.78, 5) is 51.0. The molecule has 14 heteroatoms. The van der Waals surface area contributed by atoms with Crippen molar-refractivity contribution in [3.63, 3.8) is 0 Å². The van der Waals surface area contributed by atoms with E-state index >= 15 is 14.4 Å². The van der Waals surface area contributed by atoms with Crippen LogP contribution in [0.3, 0.4) is 0 Å². The van der Waals surface area contributed by atoms with E-state index < -0.39 is 53.3 Å². The van der Waals surface area contributed by atoms with Crippen LogP contribution in [0.1, 0.15) is 46.0 Å². The standard InChI is InChI=1S/C54H47N7O7/c62-29-32-67-41-17-9-16-38(34-41)50-54(42-33-35(20-25-43(42)56-53(54)65)11-10-26-60-45-19-8-7-18-44(45)57-58-60)46(51(63)55-39-21-23-40(24-22-39)59-27-30-66-31-28-59)48-52(64)68-49(37-14-5-2-6-15-37)47(61(48)50)36-12-3-1-4-13-36/h1-9,12-25,33-34,46-50,62H,26-32H2,(H,55,63)(H,56,65)/t46-,47-,48-,49+,50+,54-/m1/s1. The van der Waals surface area contributed by atoms with E-state index in [1.807, 2.05) is 150 Å². The molecular weight excluding hydrogens is 859 g/mol. The lowest BCUT2D eigenvalue weighted by atomic mass is 9.65. The number of aliphatic hydroxyl groups excluding tert-OH is 1. The second-order valence-corrected chi connectivity index (χ2v) is 17.3. The number of morpholine rings is 2. The number of hydrogen-bond acceptors (Lipinski definition) is 11. The van der Waals surface area contributed by atoms with Crippen LogP contribution in [0.4, 0.5) is 17.1 Å². The van der Waals surface area contributed by atoms with Gasteiger partial charge in [0.2, 0.25) is 11.8 Å². The van der Waals surface area contributed by atoms with E-state index in [0.717, 1.165) is 40.9 Å². The molecule has 5 heterocycles. The fourth-order valence-electron chi connectivity index (χ4n) is 10.7. The van der Waals surface area contributed by atoms with Gasteiger partial charge in [-0.25, -0.2) is 4.68 Å². The maximum atomic E-state index is 15.7. The number of benzene rings is 6. The molecule has 11 rings (SSSR count). The number of aliphatic hydroxyl groups is 1. The maximum absolute atomic E-state index is 15.7. The fraction of sp³-hybridized carbons (Fsp3) is 0.241. The van der Waals surface area contributed by atoms with Crippen molar-refractivity contribution in [1.29, 1.82) is 0 Å². The van der Waals surface area contributed by atoms with Crippen molar-refractivity contribution in [2.24, 2.45) is 5.92 Å². The number of carbonyl (C=O) groups excluding carboxylic acids is 3. The van der Waals surface area contributed by atoms with Gasteiger partial charge in [0.05, 0.1) is 43.3 Å². The lowest BCUT2D eigenvalue weighted by molar-refractivity contribution is -0.177. The van der Waals surface area contributed by atoms with E-state index in [9.17, 15) is 5.11 Å². The summed E-state index contributed by atoms with van der Waals surface area (Å²) in [6.07, 6.45) is -0.834. The number of rotatable bonds is 10. The third-order valence-corrected chi connectivity index (χ3v) is 13.5. The molecule has 4 aliphatic heterocycles. The lowest BCUT2D eigenvalue weighted by Gasteiger charge is -2.46. The van der Waals surface area contributed by atoms with Crippen LogP contribution in [-0.4, -0.2) is 88.3 Å². The Labute approximate surface area is 392 Å². The predicted molar refractivity (Wildman–Crippen MR) is 255 cm³/mol. The van der Waals surface area contributed by atoms with Gasteiger partial charge in [-0.15, -0.1) is 5.10 Å². The Balaban J connectivity index is 1.11. The van der Waals surface area contributed by atoms with Crippen LogP contribution in [0.2, 0.25) is 0 Å². The molecule has 3 fully saturated rings. The summed E-state index contributed by atoms with van der Waals surface area (Å²) in [6, 6.07) is 44.5. The number of nitrogens with zero attached hydrogens (tertiary/aromatic N) is 5. The highest BCUT2D eigenvalue weighted by atomic mass is 16.6. The summed E-state index contributed by atoms with van der Waals surface area (Å²) < 4.78 is 19.9. The quantitative estimate of drug-likeness (QED) is 0.100. The van der Waals surface area contributed by atoms with Crippen molar-refractivity contribution in [3.05, 3.63) is 179 Å². The number of cyclic esters (lactones) is 1. The predicted octanol–water partition coefficient (Wildman–Crippen LogP) is 6.60. The molecule has 7 aromatic rings. The molecule has 340 valence electrons. The molecule has 0 bridgehead atoms. The van der Waals surface area contributed by atoms with Crippen molar-refractivity contribution in [3.8, 4) is 17.6 Å². The Morgan fingerprint density at radius 2 is 1.56 bits per heavy atom. The third-order valence-electron chi connectivity index (χ3n) is 13.5. The molecule has 2 amide bonds. The number of fused-ring (bicyclic) bond motifs is 4. The van der Waals surface area contributed by atoms with Gasteiger partial charge < -0.3 is 34.9 Å². The van der Waals surface area contributed by atoms with Gasteiger partial charge in [-0.05, 0) is 89.0 Å². The molecule has 6 atom stereocenters. The largest absolute Gasteiger partial charge is 0.491 e. The van der Waals surface area contributed by atoms with Gasteiger partial charge in [0.1, 0.15) is 42.0 Å². The normalized spacial score (nSPS) is 23.0. The van der Waals surface area contributed by atoms with Gasteiger partial charge in [-0.2, -0.15) is 0 Å². The summed E-state index contributed by atoms with van der Waals surface area (Å²) in [5, 5.41) is 24.7. The van der Waals surface area contributed by atoms with Crippen molar-refractivity contribution in [1.82, 2.24) is 19.9 Å². The monoisotopic (exact) mass is 905 g/mol. The number of hydrogen-bond donors (Lipinski definition) is 3. The minimum Gasteiger partial charge on any atom is -0.491 e. The highest BCUT2D eigenvalue weighted by molar-refractivity contribution is 6.13.